The van der Waals surface area contributed by atoms with E-state index in [1.807, 2.05) is 18.2 Å². The molecule has 1 aliphatic heterocycles. The molecule has 1 aliphatic rings. The molecule has 0 radical (unpaired) electrons. The van der Waals surface area contributed by atoms with Crippen molar-refractivity contribution in [3.8, 4) is 17.6 Å². The molecule has 180 valence electrons. The van der Waals surface area contributed by atoms with Gasteiger partial charge in [-0.3, -0.25) is 4.79 Å². The topological polar surface area (TPSA) is 127 Å². The molecule has 1 atom stereocenters. The van der Waals surface area contributed by atoms with Crippen LogP contribution in [0.5, 0.6) is 5.75 Å². The largest absolute Gasteiger partial charge is 0.489 e. The Bertz CT molecular complexity index is 1130. The minimum absolute atomic E-state index is 0.0621. The third-order valence-electron chi connectivity index (χ3n) is 4.56. The fourth-order valence-electron chi connectivity index (χ4n) is 2.84. The highest BCUT2D eigenvalue weighted by Crippen LogP contribution is 2.31. The summed E-state index contributed by atoms with van der Waals surface area (Å²) in [6.45, 7) is 6.37. The predicted molar refractivity (Wildman–Crippen MR) is 130 cm³/mol. The predicted octanol–water partition coefficient (Wildman–Crippen LogP) is 2.83. The van der Waals surface area contributed by atoms with Gasteiger partial charge in [0.15, 0.2) is 0 Å². The molecule has 8 nitrogen and oxygen atoms in total. The summed E-state index contributed by atoms with van der Waals surface area (Å²) in [5, 5.41) is 11.1. The first-order valence-electron chi connectivity index (χ1n) is 10.6. The van der Waals surface area contributed by atoms with E-state index in [0.29, 0.717) is 29.1 Å². The number of aromatic nitrogens is 1. The number of rotatable bonds is 3. The molecule has 2 heterocycles. The van der Waals surface area contributed by atoms with Gasteiger partial charge in [0.05, 0.1) is 11.9 Å². The number of amides is 1. The number of benzene rings is 1. The summed E-state index contributed by atoms with van der Waals surface area (Å²) in [5.74, 6) is 6.28. The van der Waals surface area contributed by atoms with Crippen LogP contribution in [0.25, 0.3) is 0 Å². The average molecular weight is 468 g/mol. The Hall–Kier alpha value is -3.90. The zero-order valence-electron chi connectivity index (χ0n) is 19.7. The van der Waals surface area contributed by atoms with E-state index in [9.17, 15) is 9.18 Å². The van der Waals surface area contributed by atoms with Crippen LogP contribution in [0.2, 0.25) is 0 Å². The monoisotopic (exact) mass is 467 g/mol. The highest BCUT2D eigenvalue weighted by Gasteiger charge is 2.26. The van der Waals surface area contributed by atoms with E-state index >= 15 is 0 Å². The number of likely N-dealkylation sites (N-methyl/N-ethyl adjacent to an activating group) is 1. The number of allylic oxidation sites excluding steroid dienone is 1. The Balaban J connectivity index is 0.000000257. The van der Waals surface area contributed by atoms with E-state index in [2.05, 4.69) is 42.8 Å². The molecular weight excluding hydrogens is 437 g/mol. The number of ether oxygens (including phenoxy) is 1. The SMILES string of the molecule is CN1C(=O)C(N)COc2ccc(C#CC(C)(C)C)cc21.N/C=C(\C=N\O)Cc1cccc(F)n1. The number of nitrogens with zero attached hydrogens (tertiary/aromatic N) is 3. The van der Waals surface area contributed by atoms with Crippen LogP contribution in [0, 0.1) is 23.2 Å². The van der Waals surface area contributed by atoms with Crippen LogP contribution < -0.4 is 21.1 Å². The van der Waals surface area contributed by atoms with Gasteiger partial charge in [-0.25, -0.2) is 4.98 Å². The van der Waals surface area contributed by atoms with Crippen LogP contribution in [0.1, 0.15) is 32.0 Å². The van der Waals surface area contributed by atoms with Crippen molar-refractivity contribution in [1.29, 1.82) is 0 Å². The van der Waals surface area contributed by atoms with Crippen molar-refractivity contribution < 1.29 is 19.1 Å². The van der Waals surface area contributed by atoms with Crippen molar-refractivity contribution in [3.05, 3.63) is 65.4 Å². The lowest BCUT2D eigenvalue weighted by Crippen LogP contribution is -2.43. The van der Waals surface area contributed by atoms with E-state index in [1.165, 1.54) is 23.4 Å². The maximum absolute atomic E-state index is 12.7. The van der Waals surface area contributed by atoms with Crippen molar-refractivity contribution in [2.45, 2.75) is 33.2 Å². The van der Waals surface area contributed by atoms with Crippen LogP contribution in [0.15, 0.2) is 53.3 Å². The van der Waals surface area contributed by atoms with Crippen LogP contribution >= 0.6 is 0 Å². The number of hydrogen-bond acceptors (Lipinski definition) is 7. The smallest absolute Gasteiger partial charge is 0.247 e. The number of carbonyl (C=O) groups is 1. The first-order chi connectivity index (χ1) is 16.0. The number of anilines is 1. The van der Waals surface area contributed by atoms with Crippen molar-refractivity contribution in [3.63, 3.8) is 0 Å². The first kappa shape index (κ1) is 26.4. The van der Waals surface area contributed by atoms with Gasteiger partial charge in [0, 0.05) is 30.1 Å². The fraction of sp³-hybridized carbons (Fsp3) is 0.320. The van der Waals surface area contributed by atoms with Gasteiger partial charge in [-0.05, 0) is 62.9 Å². The zero-order valence-corrected chi connectivity index (χ0v) is 19.7. The number of halogens is 1. The molecule has 0 fully saturated rings. The Labute approximate surface area is 199 Å². The standard InChI is InChI=1S/C16H20N2O2.C9H10FN3O/c1-16(2,3)8-7-11-5-6-14-13(9-11)18(4)15(19)12(17)10-20-14;10-9-3-1-2-8(13-9)4-7(5-11)6-12-14/h5-6,9,12H,10,17H2,1-4H3;1-3,5-6,14H,4,11H2/b;7-5-,12-6+. The molecule has 0 bridgehead atoms. The molecule has 2 aromatic rings. The number of hydrogen-bond donors (Lipinski definition) is 3. The Morgan fingerprint density at radius 3 is 2.74 bits per heavy atom. The molecule has 1 aromatic heterocycles. The molecule has 5 N–H and O–H groups in total. The maximum Gasteiger partial charge on any atom is 0.247 e. The van der Waals surface area contributed by atoms with Gasteiger partial charge < -0.3 is 26.3 Å². The van der Waals surface area contributed by atoms with Crippen LogP contribution in [-0.4, -0.2) is 42.0 Å². The quantitative estimate of drug-likeness (QED) is 0.209. The molecule has 1 amide bonds. The van der Waals surface area contributed by atoms with Gasteiger partial charge in [0.2, 0.25) is 11.9 Å². The number of nitrogens with two attached hydrogens (primary N) is 2. The molecule has 34 heavy (non-hydrogen) atoms. The third kappa shape index (κ3) is 7.90. The van der Waals surface area contributed by atoms with E-state index in [0.717, 1.165) is 5.56 Å². The summed E-state index contributed by atoms with van der Waals surface area (Å²) in [4.78, 5) is 17.2. The lowest BCUT2D eigenvalue weighted by Gasteiger charge is -2.17. The van der Waals surface area contributed by atoms with Crippen molar-refractivity contribution in [2.24, 2.45) is 22.0 Å². The first-order valence-corrected chi connectivity index (χ1v) is 10.6. The molecule has 0 spiro atoms. The van der Waals surface area contributed by atoms with Crippen molar-refractivity contribution >= 4 is 17.8 Å². The normalized spacial score (nSPS) is 15.9. The number of carbonyl (C=O) groups excluding carboxylic acids is 1. The molecule has 0 aliphatic carbocycles. The van der Waals surface area contributed by atoms with Crippen LogP contribution in [-0.2, 0) is 11.2 Å². The number of pyridine rings is 1. The Kier molecular flexibility index (Phi) is 9.16. The number of oxime groups is 1. The molecular formula is C25H30FN5O3. The summed E-state index contributed by atoms with van der Waals surface area (Å²) in [6, 6.07) is 9.45. The second kappa shape index (κ2) is 11.8. The van der Waals surface area contributed by atoms with Crippen LogP contribution in [0.4, 0.5) is 10.1 Å². The van der Waals surface area contributed by atoms with E-state index in [1.54, 1.807) is 19.2 Å². The second-order valence-corrected chi connectivity index (χ2v) is 8.61. The zero-order chi connectivity index (χ0) is 25.3. The summed E-state index contributed by atoms with van der Waals surface area (Å²) >= 11 is 0. The lowest BCUT2D eigenvalue weighted by atomic mass is 9.97. The van der Waals surface area contributed by atoms with Gasteiger partial charge in [0.25, 0.3) is 0 Å². The molecule has 9 heteroatoms. The Morgan fingerprint density at radius 1 is 1.38 bits per heavy atom. The molecule has 1 unspecified atom stereocenters. The minimum Gasteiger partial charge on any atom is -0.489 e. The average Bonchev–Trinajstić information content (AvgIpc) is 2.89. The van der Waals surface area contributed by atoms with Gasteiger partial charge in [0.1, 0.15) is 18.4 Å². The molecule has 3 rings (SSSR count). The van der Waals surface area contributed by atoms with E-state index < -0.39 is 12.0 Å². The Morgan fingerprint density at radius 2 is 2.12 bits per heavy atom. The van der Waals surface area contributed by atoms with E-state index in [-0.39, 0.29) is 17.9 Å². The third-order valence-corrected chi connectivity index (χ3v) is 4.56. The summed E-state index contributed by atoms with van der Waals surface area (Å²) < 4.78 is 18.2. The van der Waals surface area contributed by atoms with Gasteiger partial charge in [-0.1, -0.05) is 23.1 Å². The lowest BCUT2D eigenvalue weighted by molar-refractivity contribution is -0.119. The maximum atomic E-state index is 12.7. The van der Waals surface area contributed by atoms with Gasteiger partial charge in [-0.2, -0.15) is 4.39 Å². The van der Waals surface area contributed by atoms with Crippen molar-refractivity contribution in [2.75, 3.05) is 18.6 Å². The number of fused-ring (bicyclic) bond motifs is 1. The summed E-state index contributed by atoms with van der Waals surface area (Å²) in [6.07, 6.45) is 2.80. The molecule has 0 saturated carbocycles. The van der Waals surface area contributed by atoms with E-state index in [4.69, 9.17) is 21.4 Å². The highest BCUT2D eigenvalue weighted by molar-refractivity contribution is 5.98. The van der Waals surface area contributed by atoms with Gasteiger partial charge in [-0.15, -0.1) is 0 Å². The second-order valence-electron chi connectivity index (χ2n) is 8.61. The van der Waals surface area contributed by atoms with Gasteiger partial charge >= 0.3 is 0 Å². The molecule has 1 aromatic carbocycles. The summed E-state index contributed by atoms with van der Waals surface area (Å²) in [7, 11) is 1.71. The van der Waals surface area contributed by atoms with Crippen LogP contribution in [0.3, 0.4) is 0 Å². The van der Waals surface area contributed by atoms with Crippen molar-refractivity contribution in [1.82, 2.24) is 4.98 Å². The fourth-order valence-corrected chi connectivity index (χ4v) is 2.84. The summed E-state index contributed by atoms with van der Waals surface area (Å²) in [5.41, 5.74) is 13.6. The minimum atomic E-state index is -0.628. The molecule has 0 saturated heterocycles. The highest BCUT2D eigenvalue weighted by atomic mass is 19.1.